The molecule has 0 radical (unpaired) electrons. The molecule has 1 aliphatic carbocycles. The maximum atomic E-state index is 12.8. The number of ether oxygens (including phenoxy) is 2. The highest BCUT2D eigenvalue weighted by molar-refractivity contribution is 6.04. The van der Waals surface area contributed by atoms with Crippen molar-refractivity contribution in [3.05, 3.63) is 77.6 Å². The molecule has 2 heterocycles. The largest absolute Gasteiger partial charge is 0.469 e. The molecule has 2 fully saturated rings. The SMILES string of the molecule is CC(=O)N(C)C1CCN(c2ccc(NC(=O)c3ccc(C4=CCC5OCOC5=C4)cc3)cc2)C1. The lowest BCUT2D eigenvalue weighted by Gasteiger charge is -2.24. The smallest absolute Gasteiger partial charge is 0.255 e. The van der Waals surface area contributed by atoms with Gasteiger partial charge < -0.3 is 24.6 Å². The molecular weight excluding hydrogens is 430 g/mol. The Hall–Kier alpha value is -3.58. The van der Waals surface area contributed by atoms with Gasteiger partial charge in [-0.2, -0.15) is 0 Å². The zero-order valence-electron chi connectivity index (χ0n) is 19.5. The number of hydrogen-bond acceptors (Lipinski definition) is 5. The third-order valence-electron chi connectivity index (χ3n) is 6.84. The van der Waals surface area contributed by atoms with Gasteiger partial charge in [0.15, 0.2) is 6.79 Å². The van der Waals surface area contributed by atoms with E-state index in [0.717, 1.165) is 54.2 Å². The van der Waals surface area contributed by atoms with Crippen LogP contribution in [-0.4, -0.2) is 55.8 Å². The van der Waals surface area contributed by atoms with Gasteiger partial charge >= 0.3 is 0 Å². The molecule has 3 aliphatic rings. The average Bonchev–Trinajstić information content (AvgIpc) is 3.53. The molecule has 0 aromatic heterocycles. The molecule has 0 saturated carbocycles. The van der Waals surface area contributed by atoms with Gasteiger partial charge in [0.2, 0.25) is 5.91 Å². The Bertz CT molecular complexity index is 1140. The van der Waals surface area contributed by atoms with Crippen LogP contribution in [0.25, 0.3) is 5.57 Å². The molecule has 2 atom stereocenters. The van der Waals surface area contributed by atoms with E-state index in [9.17, 15) is 9.59 Å². The monoisotopic (exact) mass is 459 g/mol. The highest BCUT2D eigenvalue weighted by atomic mass is 16.7. The van der Waals surface area contributed by atoms with E-state index < -0.39 is 0 Å². The van der Waals surface area contributed by atoms with Crippen LogP contribution in [0.4, 0.5) is 11.4 Å². The van der Waals surface area contributed by atoms with Crippen molar-refractivity contribution in [2.45, 2.75) is 31.9 Å². The fourth-order valence-electron chi connectivity index (χ4n) is 4.65. The Morgan fingerprint density at radius 2 is 1.85 bits per heavy atom. The number of amides is 2. The van der Waals surface area contributed by atoms with Crippen molar-refractivity contribution in [2.24, 2.45) is 0 Å². The van der Waals surface area contributed by atoms with Crippen molar-refractivity contribution < 1.29 is 19.1 Å². The first-order valence-corrected chi connectivity index (χ1v) is 11.6. The summed E-state index contributed by atoms with van der Waals surface area (Å²) in [5.74, 6) is 0.821. The molecule has 2 saturated heterocycles. The van der Waals surface area contributed by atoms with E-state index in [1.54, 1.807) is 6.92 Å². The molecular formula is C27H29N3O4. The summed E-state index contributed by atoms with van der Waals surface area (Å²) in [4.78, 5) is 28.5. The summed E-state index contributed by atoms with van der Waals surface area (Å²) in [5.41, 5.74) is 4.57. The molecule has 2 amide bonds. The molecule has 34 heavy (non-hydrogen) atoms. The molecule has 7 heteroatoms. The number of benzene rings is 2. The zero-order chi connectivity index (χ0) is 23.7. The number of likely N-dealkylation sites (N-methyl/N-ethyl adjacent to an activating group) is 1. The van der Waals surface area contributed by atoms with E-state index in [-0.39, 0.29) is 24.0 Å². The summed E-state index contributed by atoms with van der Waals surface area (Å²) in [5, 5.41) is 2.97. The van der Waals surface area contributed by atoms with Gasteiger partial charge in [0.05, 0.1) is 6.04 Å². The van der Waals surface area contributed by atoms with Gasteiger partial charge in [-0.15, -0.1) is 0 Å². The first-order chi connectivity index (χ1) is 16.5. The van der Waals surface area contributed by atoms with E-state index in [2.05, 4.69) is 16.3 Å². The predicted octanol–water partition coefficient (Wildman–Crippen LogP) is 4.04. The van der Waals surface area contributed by atoms with Crippen LogP contribution in [-0.2, 0) is 14.3 Å². The first kappa shape index (κ1) is 22.2. The van der Waals surface area contributed by atoms with Crippen LogP contribution in [0.1, 0.15) is 35.7 Å². The van der Waals surface area contributed by atoms with Crippen molar-refractivity contribution in [2.75, 3.05) is 37.1 Å². The minimum Gasteiger partial charge on any atom is -0.469 e. The lowest BCUT2D eigenvalue weighted by molar-refractivity contribution is -0.129. The van der Waals surface area contributed by atoms with Crippen molar-refractivity contribution in [1.29, 1.82) is 0 Å². The summed E-state index contributed by atoms with van der Waals surface area (Å²) in [6.45, 7) is 3.65. The zero-order valence-corrected chi connectivity index (χ0v) is 19.5. The number of anilines is 2. The molecule has 2 aliphatic heterocycles. The molecule has 2 unspecified atom stereocenters. The number of nitrogens with one attached hydrogen (secondary N) is 1. The van der Waals surface area contributed by atoms with Gasteiger partial charge in [0.1, 0.15) is 11.9 Å². The summed E-state index contributed by atoms with van der Waals surface area (Å²) in [6.07, 6.45) is 5.94. The van der Waals surface area contributed by atoms with Gasteiger partial charge in [-0.25, -0.2) is 0 Å². The summed E-state index contributed by atoms with van der Waals surface area (Å²) in [7, 11) is 1.86. The highest BCUT2D eigenvalue weighted by Gasteiger charge is 2.27. The Kier molecular flexibility index (Phi) is 6.11. The number of rotatable bonds is 5. The summed E-state index contributed by atoms with van der Waals surface area (Å²) < 4.78 is 11.0. The van der Waals surface area contributed by atoms with Gasteiger partial charge in [0.25, 0.3) is 5.91 Å². The van der Waals surface area contributed by atoms with Crippen molar-refractivity contribution in [3.8, 4) is 0 Å². The lowest BCUT2D eigenvalue weighted by atomic mass is 9.96. The number of hydrogen-bond donors (Lipinski definition) is 1. The number of allylic oxidation sites excluding steroid dienone is 2. The van der Waals surface area contributed by atoms with Crippen LogP contribution in [0.5, 0.6) is 0 Å². The molecule has 2 aromatic rings. The molecule has 1 N–H and O–H groups in total. The lowest BCUT2D eigenvalue weighted by Crippen LogP contribution is -2.37. The summed E-state index contributed by atoms with van der Waals surface area (Å²) >= 11 is 0. The van der Waals surface area contributed by atoms with E-state index in [1.807, 2.05) is 66.6 Å². The Balaban J connectivity index is 1.19. The van der Waals surface area contributed by atoms with Gasteiger partial charge in [-0.1, -0.05) is 18.2 Å². The minimum atomic E-state index is -0.146. The Morgan fingerprint density at radius 3 is 2.59 bits per heavy atom. The topological polar surface area (TPSA) is 71.1 Å². The molecule has 7 nitrogen and oxygen atoms in total. The van der Waals surface area contributed by atoms with E-state index in [1.165, 1.54) is 0 Å². The second-order valence-corrected chi connectivity index (χ2v) is 8.96. The number of nitrogens with zero attached hydrogens (tertiary/aromatic N) is 2. The Labute approximate surface area is 199 Å². The third kappa shape index (κ3) is 4.56. The highest BCUT2D eigenvalue weighted by Crippen LogP contribution is 2.31. The van der Waals surface area contributed by atoms with Crippen LogP contribution in [0.15, 0.2) is 66.4 Å². The number of carbonyl (C=O) groups excluding carboxylic acids is 2. The van der Waals surface area contributed by atoms with E-state index >= 15 is 0 Å². The quantitative estimate of drug-likeness (QED) is 0.731. The molecule has 5 rings (SSSR count). The number of carbonyl (C=O) groups is 2. The second-order valence-electron chi connectivity index (χ2n) is 8.96. The maximum absolute atomic E-state index is 12.8. The van der Waals surface area contributed by atoms with Crippen LogP contribution >= 0.6 is 0 Å². The third-order valence-corrected chi connectivity index (χ3v) is 6.84. The molecule has 176 valence electrons. The fourth-order valence-corrected chi connectivity index (χ4v) is 4.65. The molecule has 0 spiro atoms. The van der Waals surface area contributed by atoms with Crippen molar-refractivity contribution >= 4 is 28.8 Å². The van der Waals surface area contributed by atoms with Crippen LogP contribution in [0.3, 0.4) is 0 Å². The summed E-state index contributed by atoms with van der Waals surface area (Å²) in [6, 6.07) is 15.7. The molecule has 2 aromatic carbocycles. The van der Waals surface area contributed by atoms with Crippen molar-refractivity contribution in [3.63, 3.8) is 0 Å². The van der Waals surface area contributed by atoms with E-state index in [4.69, 9.17) is 9.47 Å². The average molecular weight is 460 g/mol. The standard InChI is InChI=1S/C27H29N3O4/c1-18(31)29(2)24-13-14-30(16-24)23-10-8-22(9-11-23)28-27(32)20-5-3-19(4-6-20)21-7-12-25-26(15-21)34-17-33-25/h3-11,15,24-25H,12-14,16-17H2,1-2H3,(H,28,32). The van der Waals surface area contributed by atoms with E-state index in [0.29, 0.717) is 12.4 Å². The maximum Gasteiger partial charge on any atom is 0.255 e. The molecule has 0 bridgehead atoms. The van der Waals surface area contributed by atoms with Crippen LogP contribution < -0.4 is 10.2 Å². The first-order valence-electron chi connectivity index (χ1n) is 11.6. The van der Waals surface area contributed by atoms with Crippen LogP contribution in [0.2, 0.25) is 0 Å². The van der Waals surface area contributed by atoms with Crippen molar-refractivity contribution in [1.82, 2.24) is 4.90 Å². The second kappa shape index (κ2) is 9.35. The van der Waals surface area contributed by atoms with Gasteiger partial charge in [-0.05, 0) is 66.5 Å². The van der Waals surface area contributed by atoms with Gasteiger partial charge in [-0.3, -0.25) is 9.59 Å². The van der Waals surface area contributed by atoms with Crippen LogP contribution in [0, 0.1) is 0 Å². The fraction of sp³-hybridized carbons (Fsp3) is 0.333. The predicted molar refractivity (Wildman–Crippen MR) is 131 cm³/mol. The normalized spacial score (nSPS) is 21.3. The number of fused-ring (bicyclic) bond motifs is 1. The van der Waals surface area contributed by atoms with Gasteiger partial charge in [0, 0.05) is 44.0 Å². The minimum absolute atomic E-state index is 0.0361. The Morgan fingerprint density at radius 1 is 1.09 bits per heavy atom.